The van der Waals surface area contributed by atoms with E-state index < -0.39 is 0 Å². The maximum Gasteiger partial charge on any atom is 0.148 e. The van der Waals surface area contributed by atoms with Gasteiger partial charge in [-0.05, 0) is 55.5 Å². The second-order valence-electron chi connectivity index (χ2n) is 5.62. The lowest BCUT2D eigenvalue weighted by atomic mass is 10.0. The second-order valence-corrected chi connectivity index (χ2v) is 6.53. The lowest BCUT2D eigenvalue weighted by Gasteiger charge is -2.16. The quantitative estimate of drug-likeness (QED) is 0.665. The van der Waals surface area contributed by atoms with Crippen LogP contribution in [0.5, 0.6) is 0 Å². The molecule has 0 fully saturated rings. The van der Waals surface area contributed by atoms with E-state index in [-0.39, 0.29) is 0 Å². The molecule has 0 aliphatic carbocycles. The summed E-state index contributed by atoms with van der Waals surface area (Å²) in [6.07, 6.45) is 6.09. The second kappa shape index (κ2) is 5.84. The average molecular weight is 358 g/mol. The molecule has 22 heavy (non-hydrogen) atoms. The minimum absolute atomic E-state index is 0.806. The summed E-state index contributed by atoms with van der Waals surface area (Å²) in [4.78, 5) is 9.03. The van der Waals surface area contributed by atoms with Crippen molar-refractivity contribution < 1.29 is 0 Å². The molecule has 3 aromatic rings. The Labute approximate surface area is 139 Å². The first-order chi connectivity index (χ1) is 10.5. The van der Waals surface area contributed by atoms with E-state index in [4.69, 9.17) is 0 Å². The van der Waals surface area contributed by atoms with E-state index in [0.717, 1.165) is 34.2 Å². The number of hydrogen-bond donors (Lipinski definition) is 0. The molecule has 0 radical (unpaired) electrons. The van der Waals surface area contributed by atoms with Crippen molar-refractivity contribution in [3.8, 4) is 5.69 Å². The fourth-order valence-corrected chi connectivity index (χ4v) is 3.53. The molecule has 2 heterocycles. The molecule has 0 N–H and O–H groups in total. The van der Waals surface area contributed by atoms with E-state index in [0.29, 0.717) is 0 Å². The van der Waals surface area contributed by atoms with Crippen molar-refractivity contribution in [1.29, 1.82) is 0 Å². The predicted molar refractivity (Wildman–Crippen MR) is 94.8 cm³/mol. The first kappa shape index (κ1) is 15.2. The van der Waals surface area contributed by atoms with Crippen molar-refractivity contribution in [1.82, 2.24) is 14.5 Å². The van der Waals surface area contributed by atoms with Crippen LogP contribution in [0.1, 0.15) is 36.4 Å². The molecule has 0 unspecified atom stereocenters. The maximum atomic E-state index is 4.69. The van der Waals surface area contributed by atoms with Gasteiger partial charge in [0.2, 0.25) is 0 Å². The number of rotatable bonds is 3. The number of fused-ring (bicyclic) bond motifs is 1. The van der Waals surface area contributed by atoms with Gasteiger partial charge >= 0.3 is 0 Å². The zero-order valence-electron chi connectivity index (χ0n) is 13.4. The molecule has 0 spiro atoms. The predicted octanol–water partition coefficient (Wildman–Crippen LogP) is 4.92. The molecular formula is C18H20BrN3. The van der Waals surface area contributed by atoms with E-state index in [2.05, 4.69) is 69.6 Å². The van der Waals surface area contributed by atoms with Gasteiger partial charge in [-0.1, -0.05) is 29.8 Å². The summed E-state index contributed by atoms with van der Waals surface area (Å²) in [6, 6.07) is 4.42. The summed E-state index contributed by atoms with van der Waals surface area (Å²) in [5, 5.41) is 1.12. The first-order valence-electron chi connectivity index (χ1n) is 7.68. The lowest BCUT2D eigenvalue weighted by molar-refractivity contribution is 0.965. The smallest absolute Gasteiger partial charge is 0.148 e. The Bertz CT molecular complexity index is 824. The highest BCUT2D eigenvalue weighted by atomic mass is 79.9. The van der Waals surface area contributed by atoms with Crippen LogP contribution in [-0.4, -0.2) is 14.5 Å². The van der Waals surface area contributed by atoms with Gasteiger partial charge in [-0.2, -0.15) is 0 Å². The topological polar surface area (TPSA) is 30.7 Å². The highest BCUT2D eigenvalue weighted by Gasteiger charge is 2.15. The van der Waals surface area contributed by atoms with E-state index in [9.17, 15) is 0 Å². The van der Waals surface area contributed by atoms with Crippen LogP contribution in [0.3, 0.4) is 0 Å². The largest absolute Gasteiger partial charge is 0.300 e. The third kappa shape index (κ3) is 2.45. The lowest BCUT2D eigenvalue weighted by Crippen LogP contribution is -2.04. The van der Waals surface area contributed by atoms with Gasteiger partial charge in [0.05, 0.1) is 5.69 Å². The van der Waals surface area contributed by atoms with Crippen LogP contribution in [0, 0.1) is 13.8 Å². The number of benzene rings is 1. The molecule has 1 aromatic carbocycles. The van der Waals surface area contributed by atoms with Crippen molar-refractivity contribution in [2.45, 2.75) is 40.5 Å². The normalized spacial score (nSPS) is 11.3. The number of aryl methyl sites for hydroxylation is 4. The highest BCUT2D eigenvalue weighted by Crippen LogP contribution is 2.30. The van der Waals surface area contributed by atoms with Crippen molar-refractivity contribution in [3.05, 3.63) is 51.5 Å². The number of nitrogens with zero attached hydrogens (tertiary/aromatic N) is 3. The summed E-state index contributed by atoms with van der Waals surface area (Å²) in [5.41, 5.74) is 6.14. The molecule has 0 saturated heterocycles. The van der Waals surface area contributed by atoms with Crippen molar-refractivity contribution in [2.24, 2.45) is 0 Å². The molecule has 0 amide bonds. The molecular weight excluding hydrogens is 338 g/mol. The summed E-state index contributed by atoms with van der Waals surface area (Å²) >= 11 is 3.63. The molecule has 0 aliphatic rings. The molecule has 3 rings (SSSR count). The van der Waals surface area contributed by atoms with Gasteiger partial charge in [0.1, 0.15) is 11.5 Å². The fraction of sp³-hybridized carbons (Fsp3) is 0.333. The van der Waals surface area contributed by atoms with Crippen molar-refractivity contribution >= 4 is 27.0 Å². The average Bonchev–Trinajstić information content (AvgIpc) is 2.82. The number of hydrogen-bond acceptors (Lipinski definition) is 2. The van der Waals surface area contributed by atoms with Crippen LogP contribution in [0.4, 0.5) is 0 Å². The molecule has 0 atom stereocenters. The van der Waals surface area contributed by atoms with E-state index in [1.165, 1.54) is 22.4 Å². The number of halogens is 1. The minimum Gasteiger partial charge on any atom is -0.300 e. The van der Waals surface area contributed by atoms with Gasteiger partial charge in [0.25, 0.3) is 0 Å². The Kier molecular flexibility index (Phi) is 4.04. The molecule has 114 valence electrons. The minimum atomic E-state index is 0.806. The zero-order chi connectivity index (χ0) is 15.9. The summed E-state index contributed by atoms with van der Waals surface area (Å²) < 4.78 is 3.38. The number of aromatic nitrogens is 3. The Morgan fingerprint density at radius 3 is 2.32 bits per heavy atom. The molecule has 0 saturated carbocycles. The van der Waals surface area contributed by atoms with Gasteiger partial charge in [-0.25, -0.2) is 9.97 Å². The Balaban J connectivity index is 2.39. The monoisotopic (exact) mass is 357 g/mol. The summed E-state index contributed by atoms with van der Waals surface area (Å²) in [7, 11) is 0. The van der Waals surface area contributed by atoms with Crippen LogP contribution >= 0.6 is 15.9 Å². The van der Waals surface area contributed by atoms with E-state index >= 15 is 0 Å². The Hall–Kier alpha value is -1.68. The molecule has 0 bridgehead atoms. The van der Waals surface area contributed by atoms with Gasteiger partial charge in [-0.3, -0.25) is 0 Å². The molecule has 3 nitrogen and oxygen atoms in total. The maximum absolute atomic E-state index is 4.69. The van der Waals surface area contributed by atoms with Crippen LogP contribution < -0.4 is 0 Å². The van der Waals surface area contributed by atoms with Gasteiger partial charge < -0.3 is 4.57 Å². The zero-order valence-corrected chi connectivity index (χ0v) is 15.0. The van der Waals surface area contributed by atoms with E-state index in [1.54, 1.807) is 0 Å². The van der Waals surface area contributed by atoms with Crippen LogP contribution in [0.2, 0.25) is 0 Å². The van der Waals surface area contributed by atoms with Gasteiger partial charge in [0.15, 0.2) is 0 Å². The third-order valence-electron chi connectivity index (χ3n) is 4.10. The molecule has 2 aromatic heterocycles. The summed E-state index contributed by atoms with van der Waals surface area (Å²) in [5.74, 6) is 0.806. The van der Waals surface area contributed by atoms with Gasteiger partial charge in [0, 0.05) is 22.3 Å². The summed E-state index contributed by atoms with van der Waals surface area (Å²) in [6.45, 7) is 8.45. The Morgan fingerprint density at radius 1 is 1.09 bits per heavy atom. The standard InChI is InChI=1S/C18H20BrN3/c1-5-13-7-15(19)8-14(6-2)17(13)22-10-11(3)16-9-20-12(4)21-18(16)22/h7-10H,5-6H2,1-4H3. The van der Waals surface area contributed by atoms with Gasteiger partial charge in [-0.15, -0.1) is 0 Å². The van der Waals surface area contributed by atoms with Crippen molar-refractivity contribution in [2.75, 3.05) is 0 Å². The van der Waals surface area contributed by atoms with Crippen LogP contribution in [0.25, 0.3) is 16.7 Å². The third-order valence-corrected chi connectivity index (χ3v) is 4.56. The molecule has 0 aliphatic heterocycles. The van der Waals surface area contributed by atoms with Crippen molar-refractivity contribution in [3.63, 3.8) is 0 Å². The molecule has 4 heteroatoms. The SMILES string of the molecule is CCc1cc(Br)cc(CC)c1-n1cc(C)c2cnc(C)nc21. The van der Waals surface area contributed by atoms with Crippen LogP contribution in [-0.2, 0) is 12.8 Å². The first-order valence-corrected chi connectivity index (χ1v) is 8.47. The fourth-order valence-electron chi connectivity index (χ4n) is 2.98. The van der Waals surface area contributed by atoms with E-state index in [1.807, 2.05) is 13.1 Å². The van der Waals surface area contributed by atoms with Crippen LogP contribution in [0.15, 0.2) is 29.0 Å². The Morgan fingerprint density at radius 2 is 1.73 bits per heavy atom. The highest BCUT2D eigenvalue weighted by molar-refractivity contribution is 9.10.